The number of nitrogens with zero attached hydrogens (tertiary/aromatic N) is 2. The molecule has 0 atom stereocenters. The highest BCUT2D eigenvalue weighted by molar-refractivity contribution is 6.35. The van der Waals surface area contributed by atoms with Gasteiger partial charge < -0.3 is 14.6 Å². The topological polar surface area (TPSA) is 56.1 Å². The smallest absolute Gasteiger partial charge is 0.391 e. The van der Waals surface area contributed by atoms with Gasteiger partial charge in [0.15, 0.2) is 11.6 Å². The fourth-order valence-corrected chi connectivity index (χ4v) is 5.39. The Morgan fingerprint density at radius 3 is 2.50 bits per heavy atom. The van der Waals surface area contributed by atoms with E-state index in [2.05, 4.69) is 10.3 Å². The highest BCUT2D eigenvalue weighted by Gasteiger charge is 2.41. The highest BCUT2D eigenvalue weighted by Crippen LogP contribution is 2.41. The van der Waals surface area contributed by atoms with Gasteiger partial charge in [0.05, 0.1) is 44.9 Å². The molecule has 0 spiro atoms. The number of ketones is 1. The predicted molar refractivity (Wildman–Crippen MR) is 141 cm³/mol. The number of hydrogen-bond acceptors (Lipinski definition) is 4. The minimum absolute atomic E-state index is 0.0110. The first kappa shape index (κ1) is 28.5. The molecule has 0 aliphatic heterocycles. The number of fused-ring (bicyclic) bond motifs is 1. The lowest BCUT2D eigenvalue weighted by Gasteiger charge is -2.29. The molecule has 0 unspecified atom stereocenters. The molecule has 0 amide bonds. The molecule has 1 aliphatic rings. The minimum Gasteiger partial charge on any atom is -0.493 e. The van der Waals surface area contributed by atoms with Crippen LogP contribution in [-0.4, -0.2) is 28.1 Å². The number of carbonyl (C=O) groups is 1. The van der Waals surface area contributed by atoms with Crippen LogP contribution in [0.2, 0.25) is 10.0 Å². The Hall–Kier alpha value is -2.52. The van der Waals surface area contributed by atoms with Crippen molar-refractivity contribution in [2.75, 3.05) is 11.9 Å². The van der Waals surface area contributed by atoms with E-state index < -0.39 is 17.9 Å². The number of nitrogens with one attached hydrogen (secondary N) is 1. The number of rotatable bonds is 9. The fourth-order valence-electron chi connectivity index (χ4n) is 5.04. The Kier molecular flexibility index (Phi) is 8.77. The van der Waals surface area contributed by atoms with Crippen LogP contribution in [0.15, 0.2) is 24.3 Å². The number of Topliss-reactive ketones (excluding diaryl/α,β-unsaturated/α-hetero) is 1. The van der Waals surface area contributed by atoms with Crippen molar-refractivity contribution in [2.24, 2.45) is 18.9 Å². The molecular formula is C27H29Cl2F4N3O2. The van der Waals surface area contributed by atoms with Gasteiger partial charge in [-0.1, -0.05) is 29.6 Å². The second-order valence-electron chi connectivity index (χ2n) is 9.68. The average molecular weight is 574 g/mol. The Bertz CT molecular complexity index is 1320. The zero-order valence-corrected chi connectivity index (χ0v) is 22.6. The average Bonchev–Trinajstić information content (AvgIpc) is 3.18. The Balaban J connectivity index is 1.49. The van der Waals surface area contributed by atoms with E-state index in [-0.39, 0.29) is 46.7 Å². The summed E-state index contributed by atoms with van der Waals surface area (Å²) in [6.45, 7) is 2.16. The summed E-state index contributed by atoms with van der Waals surface area (Å²) in [4.78, 5) is 17.7. The number of carbonyl (C=O) groups excluding carboxylic acids is 1. The van der Waals surface area contributed by atoms with Crippen LogP contribution < -0.4 is 10.1 Å². The maximum absolute atomic E-state index is 14.6. The molecule has 0 bridgehead atoms. The quantitative estimate of drug-likeness (QED) is 0.158. The van der Waals surface area contributed by atoms with Crippen LogP contribution in [-0.2, 0) is 7.05 Å². The summed E-state index contributed by atoms with van der Waals surface area (Å²) < 4.78 is 60.8. The van der Waals surface area contributed by atoms with E-state index in [1.807, 2.05) is 6.92 Å². The van der Waals surface area contributed by atoms with Crippen molar-refractivity contribution < 1.29 is 27.1 Å². The third kappa shape index (κ3) is 6.20. The number of anilines is 2. The van der Waals surface area contributed by atoms with Gasteiger partial charge in [-0.15, -0.1) is 0 Å². The van der Waals surface area contributed by atoms with Crippen molar-refractivity contribution in [1.82, 2.24) is 9.55 Å². The van der Waals surface area contributed by atoms with Gasteiger partial charge in [-0.3, -0.25) is 4.79 Å². The molecule has 1 aliphatic carbocycles. The summed E-state index contributed by atoms with van der Waals surface area (Å²) in [5, 5.41) is 2.93. The molecule has 206 valence electrons. The van der Waals surface area contributed by atoms with Gasteiger partial charge in [0.25, 0.3) is 0 Å². The van der Waals surface area contributed by atoms with Crippen molar-refractivity contribution in [2.45, 2.75) is 58.0 Å². The van der Waals surface area contributed by atoms with Crippen LogP contribution in [0.5, 0.6) is 5.75 Å². The van der Waals surface area contributed by atoms with Gasteiger partial charge >= 0.3 is 6.18 Å². The molecule has 1 heterocycles. The highest BCUT2D eigenvalue weighted by atomic mass is 35.5. The third-order valence-corrected chi connectivity index (χ3v) is 7.80. The lowest BCUT2D eigenvalue weighted by molar-refractivity contribution is -0.184. The van der Waals surface area contributed by atoms with Crippen molar-refractivity contribution in [3.63, 3.8) is 0 Å². The molecule has 1 aromatic heterocycles. The first-order valence-corrected chi connectivity index (χ1v) is 13.4. The number of halogens is 6. The number of aryl methyl sites for hydroxylation is 1. The number of alkyl halides is 3. The molecule has 5 nitrogen and oxygen atoms in total. The van der Waals surface area contributed by atoms with Crippen LogP contribution in [0.1, 0.15) is 62.2 Å². The van der Waals surface area contributed by atoms with Crippen molar-refractivity contribution in [3.05, 3.63) is 45.7 Å². The number of ether oxygens (including phenoxy) is 1. The molecular weight excluding hydrogens is 545 g/mol. The second kappa shape index (κ2) is 11.7. The number of imidazole rings is 1. The van der Waals surface area contributed by atoms with E-state index in [1.165, 1.54) is 12.1 Å². The molecule has 1 fully saturated rings. The normalized spacial score (nSPS) is 18.1. The monoisotopic (exact) mass is 573 g/mol. The fraction of sp³-hybridized carbons (Fsp3) is 0.481. The van der Waals surface area contributed by atoms with E-state index in [1.54, 1.807) is 23.7 Å². The SMILES string of the molecule is CCOc1cc2c(cc1C(=O)CCCC1CCC(C(F)(F)F)CC1)nc(Nc1c(Cl)ccc(Cl)c1F)n2C. The van der Waals surface area contributed by atoms with E-state index in [4.69, 9.17) is 27.9 Å². The molecule has 38 heavy (non-hydrogen) atoms. The van der Waals surface area contributed by atoms with Gasteiger partial charge in [-0.25, -0.2) is 9.37 Å². The molecule has 1 saturated carbocycles. The van der Waals surface area contributed by atoms with Crippen molar-refractivity contribution in [3.8, 4) is 5.75 Å². The summed E-state index contributed by atoms with van der Waals surface area (Å²) in [6.07, 6.45) is -1.17. The van der Waals surface area contributed by atoms with E-state index in [0.717, 1.165) is 0 Å². The first-order chi connectivity index (χ1) is 18.0. The lowest BCUT2D eigenvalue weighted by Crippen LogP contribution is -2.27. The molecule has 3 aromatic rings. The van der Waals surface area contributed by atoms with Crippen molar-refractivity contribution >= 4 is 51.7 Å². The molecule has 0 saturated heterocycles. The maximum atomic E-state index is 14.6. The predicted octanol–water partition coefficient (Wildman–Crippen LogP) is 8.88. The second-order valence-corrected chi connectivity index (χ2v) is 10.5. The number of aromatic nitrogens is 2. The Morgan fingerprint density at radius 2 is 1.84 bits per heavy atom. The van der Waals surface area contributed by atoms with Crippen LogP contribution in [0.3, 0.4) is 0 Å². The van der Waals surface area contributed by atoms with Gasteiger partial charge in [0.1, 0.15) is 5.75 Å². The van der Waals surface area contributed by atoms with E-state index in [9.17, 15) is 22.4 Å². The van der Waals surface area contributed by atoms with Gasteiger partial charge in [0.2, 0.25) is 5.95 Å². The van der Waals surface area contributed by atoms with E-state index in [0.29, 0.717) is 60.6 Å². The van der Waals surface area contributed by atoms with Crippen LogP contribution in [0, 0.1) is 17.7 Å². The summed E-state index contributed by atoms with van der Waals surface area (Å²) in [5.74, 6) is -1.11. The molecule has 2 aromatic carbocycles. The summed E-state index contributed by atoms with van der Waals surface area (Å²) in [7, 11) is 1.73. The Labute approximate surface area is 228 Å². The van der Waals surface area contributed by atoms with E-state index >= 15 is 0 Å². The van der Waals surface area contributed by atoms with Crippen LogP contribution >= 0.6 is 23.2 Å². The number of benzene rings is 2. The molecule has 0 radical (unpaired) electrons. The summed E-state index contributed by atoms with van der Waals surface area (Å²) >= 11 is 12.1. The summed E-state index contributed by atoms with van der Waals surface area (Å²) in [6, 6.07) is 6.21. The number of hydrogen-bond donors (Lipinski definition) is 1. The minimum atomic E-state index is -4.12. The lowest BCUT2D eigenvalue weighted by atomic mass is 9.79. The first-order valence-electron chi connectivity index (χ1n) is 12.6. The largest absolute Gasteiger partial charge is 0.493 e. The molecule has 1 N–H and O–H groups in total. The van der Waals surface area contributed by atoms with Crippen LogP contribution in [0.25, 0.3) is 11.0 Å². The standard InChI is InChI=1S/C27H29Cl2F4N3O2/c1-3-38-23-14-21-20(34-26(36(21)2)35-25-19(29)12-11-18(28)24(25)30)13-17(23)22(37)6-4-5-15-7-9-16(10-8-15)27(31,32)33/h11-16H,3-10H2,1-2H3,(H,34,35). The Morgan fingerprint density at radius 1 is 1.16 bits per heavy atom. The van der Waals surface area contributed by atoms with Gasteiger partial charge in [-0.2, -0.15) is 13.2 Å². The van der Waals surface area contributed by atoms with Crippen molar-refractivity contribution in [1.29, 1.82) is 0 Å². The van der Waals surface area contributed by atoms with Crippen LogP contribution in [0.4, 0.5) is 29.2 Å². The third-order valence-electron chi connectivity index (χ3n) is 7.19. The zero-order valence-electron chi connectivity index (χ0n) is 21.1. The molecule has 11 heteroatoms. The zero-order chi connectivity index (χ0) is 27.6. The molecule has 4 rings (SSSR count). The van der Waals surface area contributed by atoms with Gasteiger partial charge in [0, 0.05) is 19.5 Å². The summed E-state index contributed by atoms with van der Waals surface area (Å²) in [5.41, 5.74) is 1.54. The van der Waals surface area contributed by atoms with Gasteiger partial charge in [-0.05, 0) is 63.1 Å². The maximum Gasteiger partial charge on any atom is 0.391 e.